The van der Waals surface area contributed by atoms with Crippen molar-refractivity contribution in [3.63, 3.8) is 0 Å². The molecule has 1 aliphatic heterocycles. The van der Waals surface area contributed by atoms with Gasteiger partial charge in [0.15, 0.2) is 4.80 Å². The molecule has 35 heavy (non-hydrogen) atoms. The highest BCUT2D eigenvalue weighted by atomic mass is 35.5. The summed E-state index contributed by atoms with van der Waals surface area (Å²) in [5.74, 6) is -0.992. The van der Waals surface area contributed by atoms with Gasteiger partial charge in [-0.05, 0) is 69.2 Å². The number of esters is 1. The number of carbonyl (C=O) groups excluding carboxylic acids is 2. The first-order valence-electron chi connectivity index (χ1n) is 11.4. The van der Waals surface area contributed by atoms with E-state index in [0.717, 1.165) is 24.0 Å². The Morgan fingerprint density at radius 3 is 2.60 bits per heavy atom. The fourth-order valence-electron chi connectivity index (χ4n) is 4.11. The smallest absolute Gasteiger partial charge is 0.326 e. The van der Waals surface area contributed by atoms with E-state index in [1.807, 2.05) is 6.92 Å². The first kappa shape index (κ1) is 25.6. The van der Waals surface area contributed by atoms with Crippen molar-refractivity contribution in [2.45, 2.75) is 50.6 Å². The highest BCUT2D eigenvalue weighted by Crippen LogP contribution is 2.26. The van der Waals surface area contributed by atoms with Gasteiger partial charge in [0, 0.05) is 23.2 Å². The fraction of sp³-hybridized carbons (Fsp3) is 0.375. The number of amides is 1. The lowest BCUT2D eigenvalue weighted by Gasteiger charge is -2.32. The van der Waals surface area contributed by atoms with Crippen LogP contribution in [0.25, 0.3) is 10.2 Å². The summed E-state index contributed by atoms with van der Waals surface area (Å²) in [7, 11) is -3.63. The van der Waals surface area contributed by atoms with Crippen LogP contribution in [0.3, 0.4) is 0 Å². The monoisotopic (exact) mass is 535 g/mol. The predicted molar refractivity (Wildman–Crippen MR) is 135 cm³/mol. The molecule has 11 heteroatoms. The van der Waals surface area contributed by atoms with Crippen molar-refractivity contribution in [2.24, 2.45) is 4.99 Å². The van der Waals surface area contributed by atoms with Gasteiger partial charge in [-0.25, -0.2) is 8.42 Å². The average Bonchev–Trinajstić information content (AvgIpc) is 3.15. The number of ether oxygens (including phenoxy) is 1. The number of aromatic nitrogens is 1. The summed E-state index contributed by atoms with van der Waals surface area (Å²) in [5.41, 5.74) is 0.949. The molecule has 0 N–H and O–H groups in total. The van der Waals surface area contributed by atoms with Crippen molar-refractivity contribution in [3.8, 4) is 0 Å². The molecule has 0 bridgehead atoms. The molecule has 2 heterocycles. The van der Waals surface area contributed by atoms with Crippen LogP contribution in [-0.2, 0) is 26.1 Å². The Bertz CT molecular complexity index is 1430. The largest absolute Gasteiger partial charge is 0.465 e. The second kappa shape index (κ2) is 10.6. The van der Waals surface area contributed by atoms with Crippen LogP contribution in [0.15, 0.2) is 52.4 Å². The molecule has 2 aromatic carbocycles. The summed E-state index contributed by atoms with van der Waals surface area (Å²) < 4.78 is 35.1. The summed E-state index contributed by atoms with van der Waals surface area (Å²) in [6.07, 6.45) is 2.69. The zero-order valence-electron chi connectivity index (χ0n) is 19.4. The normalized spacial score (nSPS) is 17.6. The number of carbonyl (C=O) groups is 2. The average molecular weight is 536 g/mol. The van der Waals surface area contributed by atoms with Gasteiger partial charge in [0.2, 0.25) is 10.0 Å². The van der Waals surface area contributed by atoms with Crippen molar-refractivity contribution in [2.75, 3.05) is 13.2 Å². The van der Waals surface area contributed by atoms with E-state index in [1.165, 1.54) is 39.9 Å². The molecule has 1 unspecified atom stereocenters. The Morgan fingerprint density at radius 2 is 1.91 bits per heavy atom. The topological polar surface area (TPSA) is 98.0 Å². The molecule has 1 saturated heterocycles. The number of sulfonamides is 1. The van der Waals surface area contributed by atoms with E-state index < -0.39 is 21.9 Å². The number of piperidine rings is 1. The second-order valence-electron chi connectivity index (χ2n) is 8.29. The minimum Gasteiger partial charge on any atom is -0.465 e. The zero-order chi connectivity index (χ0) is 25.2. The number of rotatable bonds is 6. The third-order valence-electron chi connectivity index (χ3n) is 5.88. The molecular formula is C24H26ClN3O5S2. The molecule has 1 atom stereocenters. The number of hydrogen-bond acceptors (Lipinski definition) is 6. The van der Waals surface area contributed by atoms with Gasteiger partial charge in [0.1, 0.15) is 6.54 Å². The van der Waals surface area contributed by atoms with E-state index in [9.17, 15) is 18.0 Å². The summed E-state index contributed by atoms with van der Waals surface area (Å²) in [6, 6.07) is 11.0. The zero-order valence-corrected chi connectivity index (χ0v) is 21.8. The molecule has 0 spiro atoms. The van der Waals surface area contributed by atoms with Gasteiger partial charge in [-0.3, -0.25) is 9.59 Å². The lowest BCUT2D eigenvalue weighted by atomic mass is 10.1. The van der Waals surface area contributed by atoms with Crippen LogP contribution in [0.5, 0.6) is 0 Å². The molecule has 0 aliphatic carbocycles. The molecule has 0 radical (unpaired) electrons. The number of hydrogen-bond donors (Lipinski definition) is 0. The van der Waals surface area contributed by atoms with Crippen LogP contribution in [0.2, 0.25) is 5.02 Å². The van der Waals surface area contributed by atoms with Gasteiger partial charge in [-0.15, -0.1) is 0 Å². The Morgan fingerprint density at radius 1 is 1.17 bits per heavy atom. The fourth-order valence-corrected chi connectivity index (χ4v) is 7.11. The Kier molecular flexibility index (Phi) is 7.75. The summed E-state index contributed by atoms with van der Waals surface area (Å²) >= 11 is 7.34. The molecule has 186 valence electrons. The van der Waals surface area contributed by atoms with E-state index in [1.54, 1.807) is 29.7 Å². The molecule has 4 rings (SSSR count). The third kappa shape index (κ3) is 5.50. The Labute approximate surface area is 212 Å². The molecule has 1 aliphatic rings. The maximum Gasteiger partial charge on any atom is 0.326 e. The molecule has 8 nitrogen and oxygen atoms in total. The number of nitrogens with zero attached hydrogens (tertiary/aromatic N) is 3. The lowest BCUT2D eigenvalue weighted by Crippen LogP contribution is -2.41. The maximum atomic E-state index is 13.1. The Hall–Kier alpha value is -2.53. The van der Waals surface area contributed by atoms with E-state index in [0.29, 0.717) is 21.9 Å². The van der Waals surface area contributed by atoms with Gasteiger partial charge in [0.05, 0.1) is 21.7 Å². The predicted octanol–water partition coefficient (Wildman–Crippen LogP) is 4.22. The van der Waals surface area contributed by atoms with Gasteiger partial charge in [-0.1, -0.05) is 29.4 Å². The number of halogens is 1. The molecule has 1 aromatic heterocycles. The third-order valence-corrected chi connectivity index (χ3v) is 9.19. The van der Waals surface area contributed by atoms with Crippen LogP contribution < -0.4 is 4.80 Å². The first-order chi connectivity index (χ1) is 16.7. The van der Waals surface area contributed by atoms with E-state index in [4.69, 9.17) is 16.3 Å². The van der Waals surface area contributed by atoms with Crippen molar-refractivity contribution in [3.05, 3.63) is 57.9 Å². The lowest BCUT2D eigenvalue weighted by molar-refractivity contribution is -0.143. The highest BCUT2D eigenvalue weighted by molar-refractivity contribution is 7.89. The number of thiazole rings is 1. The van der Waals surface area contributed by atoms with E-state index in [-0.39, 0.29) is 29.7 Å². The van der Waals surface area contributed by atoms with Gasteiger partial charge >= 0.3 is 5.97 Å². The Balaban J connectivity index is 1.66. The summed E-state index contributed by atoms with van der Waals surface area (Å²) in [4.78, 5) is 29.8. The SMILES string of the molecule is CCOC(=O)Cn1c(=NC(=O)c2ccc(S(=O)(=O)N3CCCCC3C)cc2)sc2cc(Cl)ccc21. The number of fused-ring (bicyclic) bond motifs is 1. The summed E-state index contributed by atoms with van der Waals surface area (Å²) in [6.45, 7) is 4.27. The highest BCUT2D eigenvalue weighted by Gasteiger charge is 2.31. The second-order valence-corrected chi connectivity index (χ2v) is 11.6. The van der Waals surface area contributed by atoms with Crippen LogP contribution >= 0.6 is 22.9 Å². The minimum absolute atomic E-state index is 0.0543. The van der Waals surface area contributed by atoms with Gasteiger partial charge in [-0.2, -0.15) is 9.30 Å². The standard InChI is InChI=1S/C24H26ClN3O5S2/c1-3-33-22(29)15-27-20-12-9-18(25)14-21(20)34-24(27)26-23(30)17-7-10-19(11-8-17)35(31,32)28-13-5-4-6-16(28)2/h7-12,14,16H,3-6,13,15H2,1-2H3. The van der Waals surface area contributed by atoms with Crippen molar-refractivity contribution < 1.29 is 22.7 Å². The summed E-state index contributed by atoms with van der Waals surface area (Å²) in [5, 5.41) is 0.528. The van der Waals surface area contributed by atoms with E-state index in [2.05, 4.69) is 4.99 Å². The van der Waals surface area contributed by atoms with E-state index >= 15 is 0 Å². The van der Waals surface area contributed by atoms with Crippen molar-refractivity contribution in [1.29, 1.82) is 0 Å². The molecular weight excluding hydrogens is 510 g/mol. The van der Waals surface area contributed by atoms with Gasteiger partial charge < -0.3 is 9.30 Å². The van der Waals surface area contributed by atoms with Gasteiger partial charge in [0.25, 0.3) is 5.91 Å². The minimum atomic E-state index is -3.63. The molecule has 1 amide bonds. The maximum absolute atomic E-state index is 13.1. The molecule has 0 saturated carbocycles. The molecule has 1 fully saturated rings. The quantitative estimate of drug-likeness (QED) is 0.440. The first-order valence-corrected chi connectivity index (χ1v) is 14.0. The number of benzene rings is 2. The van der Waals surface area contributed by atoms with Crippen LogP contribution in [0.1, 0.15) is 43.5 Å². The van der Waals surface area contributed by atoms with Crippen molar-refractivity contribution >= 4 is 55.1 Å². The molecule has 3 aromatic rings. The van der Waals surface area contributed by atoms with Crippen molar-refractivity contribution in [1.82, 2.24) is 8.87 Å². The van der Waals surface area contributed by atoms with Crippen LogP contribution in [0.4, 0.5) is 0 Å². The van der Waals surface area contributed by atoms with Crippen LogP contribution in [-0.4, -0.2) is 48.4 Å². The van der Waals surface area contributed by atoms with Crippen LogP contribution in [0, 0.1) is 0 Å².